The Kier molecular flexibility index (Phi) is 10.5. The monoisotopic (exact) mass is 286 g/mol. The van der Waals surface area contributed by atoms with Gasteiger partial charge in [0.05, 0.1) is 0 Å². The van der Waals surface area contributed by atoms with Gasteiger partial charge in [-0.1, -0.05) is 39.0 Å². The van der Waals surface area contributed by atoms with Crippen molar-refractivity contribution in [3.63, 3.8) is 0 Å². The Morgan fingerprint density at radius 1 is 1.10 bits per heavy atom. The summed E-state index contributed by atoms with van der Waals surface area (Å²) in [5.41, 5.74) is -0.435. The molecular formula is C16H34N2O2. The molecule has 0 fully saturated rings. The Bertz CT molecular complexity index is 249. The first-order valence-corrected chi connectivity index (χ1v) is 8.05. The fourth-order valence-electron chi connectivity index (χ4n) is 1.91. The van der Waals surface area contributed by atoms with Gasteiger partial charge < -0.3 is 15.4 Å². The van der Waals surface area contributed by atoms with Gasteiger partial charge in [-0.2, -0.15) is 0 Å². The highest BCUT2D eigenvalue weighted by Crippen LogP contribution is 2.06. The zero-order valence-corrected chi connectivity index (χ0v) is 14.1. The highest BCUT2D eigenvalue weighted by Gasteiger charge is 2.17. The van der Waals surface area contributed by atoms with Gasteiger partial charge in [0.15, 0.2) is 0 Å². The van der Waals surface area contributed by atoms with Crippen LogP contribution in [0.25, 0.3) is 0 Å². The summed E-state index contributed by atoms with van der Waals surface area (Å²) < 4.78 is 5.21. The van der Waals surface area contributed by atoms with Crippen LogP contribution in [-0.4, -0.2) is 30.8 Å². The van der Waals surface area contributed by atoms with Crippen molar-refractivity contribution in [1.82, 2.24) is 10.6 Å². The van der Waals surface area contributed by atoms with Gasteiger partial charge in [0.2, 0.25) is 0 Å². The van der Waals surface area contributed by atoms with Crippen molar-refractivity contribution < 1.29 is 9.53 Å². The molecule has 120 valence electrons. The zero-order valence-electron chi connectivity index (χ0n) is 14.1. The second-order valence-corrected chi connectivity index (χ2v) is 6.52. The lowest BCUT2D eigenvalue weighted by atomic mass is 10.1. The highest BCUT2D eigenvalue weighted by atomic mass is 16.6. The number of hydrogen-bond donors (Lipinski definition) is 2. The van der Waals surface area contributed by atoms with Crippen LogP contribution in [0.2, 0.25) is 0 Å². The van der Waals surface area contributed by atoms with Crippen molar-refractivity contribution >= 4 is 6.09 Å². The van der Waals surface area contributed by atoms with E-state index < -0.39 is 5.60 Å². The van der Waals surface area contributed by atoms with Crippen LogP contribution in [0.4, 0.5) is 4.79 Å². The van der Waals surface area contributed by atoms with E-state index in [2.05, 4.69) is 17.6 Å². The van der Waals surface area contributed by atoms with Crippen LogP contribution >= 0.6 is 0 Å². The normalized spacial score (nSPS) is 13.1. The molecule has 0 aliphatic heterocycles. The summed E-state index contributed by atoms with van der Waals surface area (Å²) in [6.07, 6.45) is 7.50. The van der Waals surface area contributed by atoms with Gasteiger partial charge in [-0.05, 0) is 40.7 Å². The lowest BCUT2D eigenvalue weighted by Gasteiger charge is -2.22. The Morgan fingerprint density at radius 2 is 1.70 bits per heavy atom. The molecule has 0 aromatic rings. The molecule has 0 saturated carbocycles. The molecule has 0 aromatic carbocycles. The first kappa shape index (κ1) is 19.2. The average Bonchev–Trinajstić information content (AvgIpc) is 2.30. The van der Waals surface area contributed by atoms with Crippen LogP contribution in [0, 0.1) is 0 Å². The fraction of sp³-hybridized carbons (Fsp3) is 0.938. The first-order chi connectivity index (χ1) is 9.35. The minimum absolute atomic E-state index is 0.0879. The van der Waals surface area contributed by atoms with E-state index in [1.54, 1.807) is 0 Å². The lowest BCUT2D eigenvalue weighted by molar-refractivity contribution is 0.0508. The number of hydrogen-bond acceptors (Lipinski definition) is 3. The molecule has 0 aromatic heterocycles. The van der Waals surface area contributed by atoms with E-state index in [4.69, 9.17) is 4.74 Å². The van der Waals surface area contributed by atoms with Gasteiger partial charge >= 0.3 is 6.09 Å². The van der Waals surface area contributed by atoms with Gasteiger partial charge in [0.1, 0.15) is 5.60 Å². The third-order valence-corrected chi connectivity index (χ3v) is 2.92. The number of amides is 1. The van der Waals surface area contributed by atoms with Gasteiger partial charge in [-0.15, -0.1) is 0 Å². The molecule has 0 spiro atoms. The molecular weight excluding hydrogens is 252 g/mol. The molecule has 2 N–H and O–H groups in total. The van der Waals surface area contributed by atoms with Crippen molar-refractivity contribution in [3.8, 4) is 0 Å². The number of ether oxygens (including phenoxy) is 1. The number of carbonyl (C=O) groups is 1. The molecule has 0 rings (SSSR count). The van der Waals surface area contributed by atoms with E-state index in [9.17, 15) is 4.79 Å². The molecule has 20 heavy (non-hydrogen) atoms. The summed E-state index contributed by atoms with van der Waals surface area (Å²) in [6, 6.07) is 0.0879. The molecule has 1 amide bonds. The molecule has 4 heteroatoms. The quantitative estimate of drug-likeness (QED) is 0.600. The maximum atomic E-state index is 11.5. The van der Waals surface area contributed by atoms with E-state index in [-0.39, 0.29) is 12.1 Å². The van der Waals surface area contributed by atoms with Crippen molar-refractivity contribution in [2.24, 2.45) is 0 Å². The number of nitrogens with one attached hydrogen (secondary N) is 2. The third-order valence-electron chi connectivity index (χ3n) is 2.92. The Morgan fingerprint density at radius 3 is 2.30 bits per heavy atom. The minimum atomic E-state index is -0.435. The predicted octanol–water partition coefficient (Wildman–Crippen LogP) is 3.85. The van der Waals surface area contributed by atoms with Crippen LogP contribution in [-0.2, 0) is 4.74 Å². The Labute approximate surface area is 125 Å². The van der Waals surface area contributed by atoms with Crippen molar-refractivity contribution in [1.29, 1.82) is 0 Å². The Hall–Kier alpha value is -0.770. The lowest BCUT2D eigenvalue weighted by Crippen LogP contribution is -2.42. The van der Waals surface area contributed by atoms with E-state index in [0.717, 1.165) is 13.1 Å². The van der Waals surface area contributed by atoms with Crippen LogP contribution < -0.4 is 10.6 Å². The van der Waals surface area contributed by atoms with Crippen LogP contribution in [0.3, 0.4) is 0 Å². The minimum Gasteiger partial charge on any atom is -0.444 e. The van der Waals surface area contributed by atoms with Crippen LogP contribution in [0.1, 0.15) is 73.1 Å². The highest BCUT2D eigenvalue weighted by molar-refractivity contribution is 5.68. The van der Waals surface area contributed by atoms with E-state index in [1.807, 2.05) is 27.7 Å². The standard InChI is InChI=1S/C16H34N2O2/c1-6-7-8-9-10-11-12-17-13-14(2)18-15(19)20-16(3,4)5/h14,17H,6-13H2,1-5H3,(H,18,19). The summed E-state index contributed by atoms with van der Waals surface area (Å²) in [7, 11) is 0. The molecule has 0 aliphatic carbocycles. The van der Waals surface area contributed by atoms with Gasteiger partial charge in [-0.25, -0.2) is 4.79 Å². The molecule has 0 heterocycles. The molecule has 1 unspecified atom stereocenters. The Balaban J connectivity index is 3.45. The SMILES string of the molecule is CCCCCCCCNCC(C)NC(=O)OC(C)(C)C. The number of unbranched alkanes of at least 4 members (excludes halogenated alkanes) is 5. The molecule has 0 bridgehead atoms. The first-order valence-electron chi connectivity index (χ1n) is 8.05. The molecule has 0 saturated heterocycles. The summed E-state index contributed by atoms with van der Waals surface area (Å²) in [5.74, 6) is 0. The van der Waals surface area contributed by atoms with E-state index >= 15 is 0 Å². The van der Waals surface area contributed by atoms with Crippen molar-refractivity contribution in [2.75, 3.05) is 13.1 Å². The maximum absolute atomic E-state index is 11.5. The number of carbonyl (C=O) groups excluding carboxylic acids is 1. The second-order valence-electron chi connectivity index (χ2n) is 6.52. The predicted molar refractivity (Wildman–Crippen MR) is 85.1 cm³/mol. The molecule has 0 aliphatic rings. The summed E-state index contributed by atoms with van der Waals surface area (Å²) in [6.45, 7) is 11.6. The average molecular weight is 286 g/mol. The smallest absolute Gasteiger partial charge is 0.407 e. The van der Waals surface area contributed by atoms with Gasteiger partial charge in [-0.3, -0.25) is 0 Å². The molecule has 0 radical (unpaired) electrons. The van der Waals surface area contributed by atoms with E-state index in [1.165, 1.54) is 38.5 Å². The second kappa shape index (κ2) is 11.0. The van der Waals surface area contributed by atoms with E-state index in [0.29, 0.717) is 0 Å². The summed E-state index contributed by atoms with van der Waals surface area (Å²) in [4.78, 5) is 11.5. The third kappa shape index (κ3) is 13.7. The maximum Gasteiger partial charge on any atom is 0.407 e. The van der Waals surface area contributed by atoms with Crippen LogP contribution in [0.5, 0.6) is 0 Å². The van der Waals surface area contributed by atoms with Crippen molar-refractivity contribution in [3.05, 3.63) is 0 Å². The number of rotatable bonds is 10. The summed E-state index contributed by atoms with van der Waals surface area (Å²) in [5, 5.41) is 6.21. The van der Waals surface area contributed by atoms with Gasteiger partial charge in [0, 0.05) is 12.6 Å². The van der Waals surface area contributed by atoms with Gasteiger partial charge in [0.25, 0.3) is 0 Å². The topological polar surface area (TPSA) is 50.4 Å². The van der Waals surface area contributed by atoms with Crippen molar-refractivity contribution in [2.45, 2.75) is 84.8 Å². The molecule has 4 nitrogen and oxygen atoms in total. The fourth-order valence-corrected chi connectivity index (χ4v) is 1.91. The zero-order chi connectivity index (χ0) is 15.4. The summed E-state index contributed by atoms with van der Waals surface area (Å²) >= 11 is 0. The molecule has 1 atom stereocenters. The number of alkyl carbamates (subject to hydrolysis) is 1. The largest absolute Gasteiger partial charge is 0.444 e. The van der Waals surface area contributed by atoms with Crippen LogP contribution in [0.15, 0.2) is 0 Å².